The van der Waals surface area contributed by atoms with Crippen LogP contribution in [-0.2, 0) is 6.42 Å². The summed E-state index contributed by atoms with van der Waals surface area (Å²) in [5.41, 5.74) is 3.39. The molecule has 0 radical (unpaired) electrons. The molecular formula is C16H17ClN2O. The van der Waals surface area contributed by atoms with Crippen molar-refractivity contribution in [1.82, 2.24) is 4.98 Å². The number of halogens is 1. The van der Waals surface area contributed by atoms with Crippen molar-refractivity contribution in [2.75, 3.05) is 12.4 Å². The number of anilines is 1. The predicted octanol–water partition coefficient (Wildman–Crippen LogP) is 4.23. The van der Waals surface area contributed by atoms with Gasteiger partial charge in [0.05, 0.1) is 24.5 Å². The van der Waals surface area contributed by atoms with Crippen LogP contribution < -0.4 is 10.1 Å². The molecule has 104 valence electrons. The van der Waals surface area contributed by atoms with Gasteiger partial charge in [-0.25, -0.2) is 0 Å². The molecule has 0 saturated carbocycles. The SMILES string of the molecule is COc1ccc(Cl)cc1NC1CCCc2cccnc21. The highest BCUT2D eigenvalue weighted by Crippen LogP contribution is 2.35. The molecule has 1 atom stereocenters. The maximum absolute atomic E-state index is 6.08. The van der Waals surface area contributed by atoms with Gasteiger partial charge in [-0.2, -0.15) is 0 Å². The normalized spacial score (nSPS) is 17.4. The molecule has 2 aromatic rings. The van der Waals surface area contributed by atoms with Gasteiger partial charge in [-0.15, -0.1) is 0 Å². The fraction of sp³-hybridized carbons (Fsp3) is 0.312. The van der Waals surface area contributed by atoms with E-state index in [1.165, 1.54) is 12.0 Å². The van der Waals surface area contributed by atoms with Crippen molar-refractivity contribution >= 4 is 17.3 Å². The number of methoxy groups -OCH3 is 1. The molecular weight excluding hydrogens is 272 g/mol. The molecule has 0 spiro atoms. The van der Waals surface area contributed by atoms with E-state index in [1.54, 1.807) is 7.11 Å². The van der Waals surface area contributed by atoms with Gasteiger partial charge < -0.3 is 10.1 Å². The first-order chi connectivity index (χ1) is 9.78. The van der Waals surface area contributed by atoms with Crippen molar-refractivity contribution in [3.05, 3.63) is 52.8 Å². The van der Waals surface area contributed by atoms with Crippen LogP contribution in [0.2, 0.25) is 5.02 Å². The van der Waals surface area contributed by atoms with Gasteiger partial charge in [-0.3, -0.25) is 4.98 Å². The fourth-order valence-corrected chi connectivity index (χ4v) is 2.90. The summed E-state index contributed by atoms with van der Waals surface area (Å²) in [6, 6.07) is 9.99. The quantitative estimate of drug-likeness (QED) is 0.917. The molecule has 4 heteroatoms. The Balaban J connectivity index is 1.91. The van der Waals surface area contributed by atoms with Gasteiger partial charge in [0.15, 0.2) is 0 Å². The number of hydrogen-bond acceptors (Lipinski definition) is 3. The number of hydrogen-bond donors (Lipinski definition) is 1. The number of nitrogens with one attached hydrogen (secondary N) is 1. The lowest BCUT2D eigenvalue weighted by Gasteiger charge is -2.26. The summed E-state index contributed by atoms with van der Waals surface area (Å²) in [4.78, 5) is 4.54. The zero-order valence-electron chi connectivity index (χ0n) is 11.4. The van der Waals surface area contributed by atoms with Crippen LogP contribution in [0.4, 0.5) is 5.69 Å². The number of aromatic nitrogens is 1. The zero-order chi connectivity index (χ0) is 13.9. The van der Waals surface area contributed by atoms with E-state index >= 15 is 0 Å². The van der Waals surface area contributed by atoms with E-state index in [0.29, 0.717) is 5.02 Å². The van der Waals surface area contributed by atoms with Gasteiger partial charge in [0, 0.05) is 11.2 Å². The first-order valence-corrected chi connectivity index (χ1v) is 7.19. The second-order valence-electron chi connectivity index (χ2n) is 4.98. The van der Waals surface area contributed by atoms with Gasteiger partial charge in [0.2, 0.25) is 0 Å². The minimum atomic E-state index is 0.215. The largest absolute Gasteiger partial charge is 0.495 e. The fourth-order valence-electron chi connectivity index (χ4n) is 2.73. The van der Waals surface area contributed by atoms with Crippen LogP contribution in [-0.4, -0.2) is 12.1 Å². The topological polar surface area (TPSA) is 34.1 Å². The summed E-state index contributed by atoms with van der Waals surface area (Å²) in [5, 5.41) is 4.22. The second-order valence-corrected chi connectivity index (χ2v) is 5.42. The molecule has 0 amide bonds. The third-order valence-corrected chi connectivity index (χ3v) is 3.92. The molecule has 0 saturated heterocycles. The van der Waals surface area contributed by atoms with Crippen LogP contribution in [0.1, 0.15) is 30.1 Å². The highest BCUT2D eigenvalue weighted by molar-refractivity contribution is 6.30. The molecule has 0 fully saturated rings. The van der Waals surface area contributed by atoms with Crippen molar-refractivity contribution in [1.29, 1.82) is 0 Å². The molecule has 3 nitrogen and oxygen atoms in total. The summed E-state index contributed by atoms with van der Waals surface area (Å²) >= 11 is 6.08. The van der Waals surface area contributed by atoms with E-state index in [2.05, 4.69) is 16.4 Å². The van der Waals surface area contributed by atoms with Crippen LogP contribution >= 0.6 is 11.6 Å². The highest BCUT2D eigenvalue weighted by atomic mass is 35.5. The second kappa shape index (κ2) is 5.71. The Morgan fingerprint density at radius 3 is 3.10 bits per heavy atom. The zero-order valence-corrected chi connectivity index (χ0v) is 12.2. The molecule has 1 aliphatic carbocycles. The minimum absolute atomic E-state index is 0.215. The van der Waals surface area contributed by atoms with E-state index in [9.17, 15) is 0 Å². The van der Waals surface area contributed by atoms with Crippen molar-refractivity contribution in [3.8, 4) is 5.75 Å². The van der Waals surface area contributed by atoms with Gasteiger partial charge in [0.1, 0.15) is 5.75 Å². The highest BCUT2D eigenvalue weighted by Gasteiger charge is 2.22. The van der Waals surface area contributed by atoms with Crippen molar-refractivity contribution in [3.63, 3.8) is 0 Å². The standard InChI is InChI=1S/C16H17ClN2O/c1-20-15-8-7-12(17)10-14(15)19-13-6-2-4-11-5-3-9-18-16(11)13/h3,5,7-10,13,19H,2,4,6H2,1H3. The lowest BCUT2D eigenvalue weighted by atomic mass is 9.92. The summed E-state index contributed by atoms with van der Waals surface area (Å²) in [6.07, 6.45) is 5.20. The van der Waals surface area contributed by atoms with E-state index in [1.807, 2.05) is 30.5 Å². The van der Waals surface area contributed by atoms with Gasteiger partial charge >= 0.3 is 0 Å². The number of nitrogens with zero attached hydrogens (tertiary/aromatic N) is 1. The summed E-state index contributed by atoms with van der Waals surface area (Å²) < 4.78 is 5.39. The molecule has 0 bridgehead atoms. The van der Waals surface area contributed by atoms with Crippen molar-refractivity contribution in [2.24, 2.45) is 0 Å². The maximum Gasteiger partial charge on any atom is 0.142 e. The molecule has 0 aliphatic heterocycles. The number of rotatable bonds is 3. The molecule has 1 unspecified atom stereocenters. The minimum Gasteiger partial charge on any atom is -0.495 e. The Morgan fingerprint density at radius 1 is 1.35 bits per heavy atom. The summed E-state index contributed by atoms with van der Waals surface area (Å²) in [6.45, 7) is 0. The Labute approximate surface area is 123 Å². The van der Waals surface area contributed by atoms with E-state index in [0.717, 1.165) is 30.0 Å². The van der Waals surface area contributed by atoms with Crippen LogP contribution in [0.25, 0.3) is 0 Å². The molecule has 1 aromatic heterocycles. The maximum atomic E-state index is 6.08. The third kappa shape index (κ3) is 2.59. The van der Waals surface area contributed by atoms with Gasteiger partial charge in [0.25, 0.3) is 0 Å². The molecule has 20 heavy (non-hydrogen) atoms. The average molecular weight is 289 g/mol. The van der Waals surface area contributed by atoms with Gasteiger partial charge in [-0.1, -0.05) is 17.7 Å². The first kappa shape index (κ1) is 13.3. The van der Waals surface area contributed by atoms with E-state index in [-0.39, 0.29) is 6.04 Å². The third-order valence-electron chi connectivity index (χ3n) is 3.69. The Kier molecular flexibility index (Phi) is 3.79. The smallest absolute Gasteiger partial charge is 0.142 e. The lowest BCUT2D eigenvalue weighted by molar-refractivity contribution is 0.415. The Morgan fingerprint density at radius 2 is 2.25 bits per heavy atom. The predicted molar refractivity (Wildman–Crippen MR) is 81.5 cm³/mol. The molecule has 1 aliphatic rings. The van der Waals surface area contributed by atoms with Crippen LogP contribution in [0.5, 0.6) is 5.75 Å². The lowest BCUT2D eigenvalue weighted by Crippen LogP contribution is -2.19. The van der Waals surface area contributed by atoms with Crippen LogP contribution in [0, 0.1) is 0 Å². The van der Waals surface area contributed by atoms with Crippen LogP contribution in [0.3, 0.4) is 0 Å². The molecule has 1 aromatic carbocycles. The first-order valence-electron chi connectivity index (χ1n) is 6.82. The van der Waals surface area contributed by atoms with E-state index < -0.39 is 0 Å². The molecule has 3 rings (SSSR count). The molecule has 1 heterocycles. The van der Waals surface area contributed by atoms with Crippen molar-refractivity contribution < 1.29 is 4.74 Å². The number of fused-ring (bicyclic) bond motifs is 1. The monoisotopic (exact) mass is 288 g/mol. The Bertz CT molecular complexity index is 615. The van der Waals surface area contributed by atoms with Crippen LogP contribution in [0.15, 0.2) is 36.5 Å². The van der Waals surface area contributed by atoms with Gasteiger partial charge in [-0.05, 0) is 49.1 Å². The number of benzene rings is 1. The number of aryl methyl sites for hydroxylation is 1. The van der Waals surface area contributed by atoms with E-state index in [4.69, 9.17) is 16.3 Å². The average Bonchev–Trinajstić information content (AvgIpc) is 2.48. The molecule has 1 N–H and O–H groups in total. The van der Waals surface area contributed by atoms with Crippen molar-refractivity contribution in [2.45, 2.75) is 25.3 Å². The summed E-state index contributed by atoms with van der Waals surface area (Å²) in [5.74, 6) is 0.803. The number of ether oxygens (including phenoxy) is 1. The number of pyridine rings is 1. The summed E-state index contributed by atoms with van der Waals surface area (Å²) in [7, 11) is 1.67. The Hall–Kier alpha value is -1.74.